The van der Waals surface area contributed by atoms with Crippen molar-refractivity contribution < 1.29 is 4.39 Å². The first kappa shape index (κ1) is 15.3. The Morgan fingerprint density at radius 1 is 1.38 bits per heavy atom. The zero-order valence-electron chi connectivity index (χ0n) is 11.6. The van der Waals surface area contributed by atoms with Gasteiger partial charge in [0.15, 0.2) is 0 Å². The van der Waals surface area contributed by atoms with Crippen LogP contribution in [0, 0.1) is 5.82 Å². The summed E-state index contributed by atoms with van der Waals surface area (Å²) in [5, 5.41) is 3.26. The average molecular weight is 312 g/mol. The minimum atomic E-state index is -1.01. The molecule has 1 aromatic heterocycles. The number of benzene rings is 1. The van der Waals surface area contributed by atoms with Gasteiger partial charge in [-0.25, -0.2) is 4.79 Å². The fourth-order valence-electron chi connectivity index (χ4n) is 1.96. The first-order valence-corrected chi connectivity index (χ1v) is 6.80. The van der Waals surface area contributed by atoms with Crippen LogP contribution in [0.2, 0.25) is 5.02 Å². The lowest BCUT2D eigenvalue weighted by Gasteiger charge is -2.12. The Labute approximate surface area is 125 Å². The summed E-state index contributed by atoms with van der Waals surface area (Å²) in [5.41, 5.74) is -0.789. The molecule has 21 heavy (non-hydrogen) atoms. The number of rotatable bonds is 4. The Bertz CT molecular complexity index is 768. The average Bonchev–Trinajstić information content (AvgIpc) is 2.41. The molecule has 5 nitrogen and oxygen atoms in total. The molecule has 2 aromatic rings. The van der Waals surface area contributed by atoms with E-state index in [1.165, 1.54) is 0 Å². The van der Waals surface area contributed by atoms with Crippen molar-refractivity contribution >= 4 is 17.4 Å². The molecule has 1 aromatic carbocycles. The van der Waals surface area contributed by atoms with Crippen LogP contribution in [0.15, 0.2) is 33.9 Å². The van der Waals surface area contributed by atoms with Crippen molar-refractivity contribution in [3.05, 3.63) is 61.5 Å². The third-order valence-electron chi connectivity index (χ3n) is 2.95. The Balaban J connectivity index is 2.30. The molecule has 0 spiro atoms. The van der Waals surface area contributed by atoms with Gasteiger partial charge in [0.1, 0.15) is 5.82 Å². The molecular formula is C14H15ClFN3O2. The molecule has 0 radical (unpaired) electrons. The Kier molecular flexibility index (Phi) is 4.47. The molecule has 1 heterocycles. The molecule has 0 atom stereocenters. The monoisotopic (exact) mass is 311 g/mol. The summed E-state index contributed by atoms with van der Waals surface area (Å²) in [6.45, 7) is 3.50. The van der Waals surface area contributed by atoms with E-state index >= 15 is 0 Å². The number of H-pyrrole nitrogens is 1. The summed E-state index contributed by atoms with van der Waals surface area (Å²) < 4.78 is 14.8. The van der Waals surface area contributed by atoms with Gasteiger partial charge in [-0.05, 0) is 31.5 Å². The highest BCUT2D eigenvalue weighted by Gasteiger charge is 2.15. The second-order valence-electron chi connectivity index (χ2n) is 4.87. The van der Waals surface area contributed by atoms with E-state index in [1.54, 1.807) is 38.1 Å². The van der Waals surface area contributed by atoms with Crippen molar-refractivity contribution in [2.75, 3.05) is 5.32 Å². The van der Waals surface area contributed by atoms with Gasteiger partial charge < -0.3 is 5.32 Å². The highest BCUT2D eigenvalue weighted by molar-refractivity contribution is 6.30. The summed E-state index contributed by atoms with van der Waals surface area (Å²) in [6, 6.07) is 6.56. The maximum atomic E-state index is 14.0. The smallest absolute Gasteiger partial charge is 0.330 e. The van der Waals surface area contributed by atoms with Gasteiger partial charge >= 0.3 is 5.69 Å². The molecule has 2 N–H and O–H groups in total. The largest absolute Gasteiger partial charge is 0.365 e. The molecule has 0 amide bonds. The first-order chi connectivity index (χ1) is 9.90. The van der Waals surface area contributed by atoms with E-state index in [2.05, 4.69) is 10.3 Å². The SMILES string of the molecule is CC(C)n1c(=O)[nH]c(NCc2cccc(Cl)c2)c(F)c1=O. The Morgan fingerprint density at radius 3 is 2.71 bits per heavy atom. The maximum Gasteiger partial charge on any atom is 0.330 e. The van der Waals surface area contributed by atoms with Gasteiger partial charge in [-0.15, -0.1) is 0 Å². The second kappa shape index (κ2) is 6.13. The number of aromatic amines is 1. The highest BCUT2D eigenvalue weighted by Crippen LogP contribution is 2.12. The summed E-state index contributed by atoms with van der Waals surface area (Å²) in [7, 11) is 0. The second-order valence-corrected chi connectivity index (χ2v) is 5.31. The molecule has 7 heteroatoms. The van der Waals surface area contributed by atoms with Gasteiger partial charge in [0, 0.05) is 17.6 Å². The lowest BCUT2D eigenvalue weighted by Crippen LogP contribution is -2.39. The number of halogens is 2. The summed E-state index contributed by atoms with van der Waals surface area (Å²) >= 11 is 5.85. The molecule has 0 aliphatic rings. The van der Waals surface area contributed by atoms with Crippen LogP contribution in [-0.4, -0.2) is 9.55 Å². The highest BCUT2D eigenvalue weighted by atomic mass is 35.5. The third kappa shape index (κ3) is 3.33. The number of hydrogen-bond acceptors (Lipinski definition) is 3. The normalized spacial score (nSPS) is 10.9. The van der Waals surface area contributed by atoms with Crippen LogP contribution in [0.1, 0.15) is 25.5 Å². The quantitative estimate of drug-likeness (QED) is 0.911. The van der Waals surface area contributed by atoms with Crippen LogP contribution >= 0.6 is 11.6 Å². The van der Waals surface area contributed by atoms with E-state index in [0.29, 0.717) is 5.02 Å². The van der Waals surface area contributed by atoms with Crippen LogP contribution in [-0.2, 0) is 6.54 Å². The lowest BCUT2D eigenvalue weighted by molar-refractivity contribution is 0.499. The molecule has 0 aliphatic heterocycles. The zero-order chi connectivity index (χ0) is 15.6. The molecule has 0 unspecified atom stereocenters. The minimum Gasteiger partial charge on any atom is -0.365 e. The van der Waals surface area contributed by atoms with Gasteiger partial charge in [-0.2, -0.15) is 4.39 Å². The zero-order valence-corrected chi connectivity index (χ0v) is 12.4. The van der Waals surface area contributed by atoms with Crippen LogP contribution in [0.3, 0.4) is 0 Å². The molecule has 0 saturated heterocycles. The van der Waals surface area contributed by atoms with Gasteiger partial charge in [0.2, 0.25) is 5.82 Å². The van der Waals surface area contributed by atoms with Crippen LogP contribution < -0.4 is 16.6 Å². The maximum absolute atomic E-state index is 14.0. The standard InChI is InChI=1S/C14H15ClFN3O2/c1-8(2)19-13(20)11(16)12(18-14(19)21)17-7-9-4-3-5-10(15)6-9/h3-6,8,17H,7H2,1-2H3,(H,18,21). The van der Waals surface area contributed by atoms with E-state index in [9.17, 15) is 14.0 Å². The molecule has 0 saturated carbocycles. The Hall–Kier alpha value is -2.08. The van der Waals surface area contributed by atoms with E-state index in [1.807, 2.05) is 0 Å². The van der Waals surface area contributed by atoms with Crippen molar-refractivity contribution in [3.8, 4) is 0 Å². The van der Waals surface area contributed by atoms with Crippen molar-refractivity contribution in [3.63, 3.8) is 0 Å². The van der Waals surface area contributed by atoms with E-state index in [-0.39, 0.29) is 12.4 Å². The first-order valence-electron chi connectivity index (χ1n) is 6.42. The molecular weight excluding hydrogens is 297 g/mol. The molecule has 0 aliphatic carbocycles. The molecule has 0 bridgehead atoms. The molecule has 0 fully saturated rings. The number of nitrogens with one attached hydrogen (secondary N) is 2. The number of nitrogens with zero attached hydrogens (tertiary/aromatic N) is 1. The van der Waals surface area contributed by atoms with Crippen molar-refractivity contribution in [1.82, 2.24) is 9.55 Å². The Morgan fingerprint density at radius 2 is 2.10 bits per heavy atom. The molecule has 2 rings (SSSR count). The fourth-order valence-corrected chi connectivity index (χ4v) is 2.17. The predicted molar refractivity (Wildman–Crippen MR) is 80.4 cm³/mol. The minimum absolute atomic E-state index is 0.220. The van der Waals surface area contributed by atoms with E-state index in [0.717, 1.165) is 10.1 Å². The predicted octanol–water partition coefficient (Wildman–Crippen LogP) is 2.52. The van der Waals surface area contributed by atoms with Crippen LogP contribution in [0.4, 0.5) is 10.2 Å². The summed E-state index contributed by atoms with van der Waals surface area (Å²) in [4.78, 5) is 26.0. The van der Waals surface area contributed by atoms with Crippen molar-refractivity contribution in [1.29, 1.82) is 0 Å². The number of hydrogen-bond donors (Lipinski definition) is 2. The van der Waals surface area contributed by atoms with Crippen LogP contribution in [0.5, 0.6) is 0 Å². The van der Waals surface area contributed by atoms with Crippen molar-refractivity contribution in [2.45, 2.75) is 26.4 Å². The van der Waals surface area contributed by atoms with Crippen molar-refractivity contribution in [2.24, 2.45) is 0 Å². The van der Waals surface area contributed by atoms with Gasteiger partial charge in [-0.1, -0.05) is 23.7 Å². The summed E-state index contributed by atoms with van der Waals surface area (Å²) in [6.07, 6.45) is 0. The third-order valence-corrected chi connectivity index (χ3v) is 3.19. The van der Waals surface area contributed by atoms with Gasteiger partial charge in [-0.3, -0.25) is 14.3 Å². The topological polar surface area (TPSA) is 66.9 Å². The lowest BCUT2D eigenvalue weighted by atomic mass is 10.2. The molecule has 112 valence electrons. The number of aromatic nitrogens is 2. The van der Waals surface area contributed by atoms with E-state index < -0.39 is 23.1 Å². The summed E-state index contributed by atoms with van der Waals surface area (Å²) in [5.74, 6) is -1.23. The fraction of sp³-hybridized carbons (Fsp3) is 0.286. The van der Waals surface area contributed by atoms with Gasteiger partial charge in [0.05, 0.1) is 0 Å². The van der Waals surface area contributed by atoms with E-state index in [4.69, 9.17) is 11.6 Å². The number of anilines is 1. The van der Waals surface area contributed by atoms with Gasteiger partial charge in [0.25, 0.3) is 5.56 Å². The van der Waals surface area contributed by atoms with Crippen LogP contribution in [0.25, 0.3) is 0 Å².